The predicted molar refractivity (Wildman–Crippen MR) is 72.4 cm³/mol. The largest absolute Gasteiger partial charge is 0.478 e. The monoisotopic (exact) mass is 277 g/mol. The molecule has 106 valence electrons. The number of rotatable bonds is 3. The highest BCUT2D eigenvalue weighted by molar-refractivity contribution is 6.05. The molecule has 0 aromatic heterocycles. The number of nitrogens with one attached hydrogen (secondary N) is 1. The number of carbonyl (C=O) groups is 3. The zero-order chi connectivity index (χ0) is 14.9. The van der Waals surface area contributed by atoms with Gasteiger partial charge < -0.3 is 15.7 Å². The quantitative estimate of drug-likeness (QED) is 0.537. The van der Waals surface area contributed by atoms with Gasteiger partial charge in [0.25, 0.3) is 0 Å². The summed E-state index contributed by atoms with van der Waals surface area (Å²) in [5.41, 5.74) is 6.63. The van der Waals surface area contributed by atoms with Gasteiger partial charge in [0.15, 0.2) is 0 Å². The van der Waals surface area contributed by atoms with Crippen molar-refractivity contribution in [3.05, 3.63) is 23.8 Å². The molecule has 1 aromatic carbocycles. The van der Waals surface area contributed by atoms with E-state index in [9.17, 15) is 14.4 Å². The van der Waals surface area contributed by atoms with E-state index in [0.717, 1.165) is 0 Å². The van der Waals surface area contributed by atoms with E-state index in [4.69, 9.17) is 10.8 Å². The highest BCUT2D eigenvalue weighted by Crippen LogP contribution is 2.28. The van der Waals surface area contributed by atoms with Gasteiger partial charge in [0.05, 0.1) is 23.5 Å². The lowest BCUT2D eigenvalue weighted by Gasteiger charge is -2.35. The van der Waals surface area contributed by atoms with Gasteiger partial charge in [0.2, 0.25) is 11.8 Å². The summed E-state index contributed by atoms with van der Waals surface area (Å²) < 4.78 is 0. The van der Waals surface area contributed by atoms with Crippen LogP contribution in [0.5, 0.6) is 0 Å². The first-order chi connectivity index (χ1) is 9.43. The standard InChI is InChI=1S/C13H15N3O4/c1-2-9-12(18)15-11(17)6-16(9)10-5-7(13(19)20)3-4-8(10)14/h3-5,9H,2,6,14H2,1H3,(H,19,20)(H,15,17,18). The molecule has 1 heterocycles. The number of hydrogen-bond donors (Lipinski definition) is 3. The highest BCUT2D eigenvalue weighted by atomic mass is 16.4. The molecule has 1 fully saturated rings. The SMILES string of the molecule is CCC1C(=O)NC(=O)CN1c1cc(C(=O)O)ccc1N. The molecular formula is C13H15N3O4. The van der Waals surface area contributed by atoms with Crippen molar-refractivity contribution in [3.8, 4) is 0 Å². The number of piperazine rings is 1. The number of benzene rings is 1. The Hall–Kier alpha value is -2.57. The predicted octanol–water partition coefficient (Wildman–Crippen LogP) is 0.208. The molecule has 1 aliphatic rings. The van der Waals surface area contributed by atoms with Gasteiger partial charge >= 0.3 is 5.97 Å². The molecule has 1 atom stereocenters. The molecule has 0 aliphatic carbocycles. The first-order valence-corrected chi connectivity index (χ1v) is 6.17. The fourth-order valence-corrected chi connectivity index (χ4v) is 2.25. The van der Waals surface area contributed by atoms with E-state index in [1.807, 2.05) is 6.92 Å². The van der Waals surface area contributed by atoms with Crippen LogP contribution >= 0.6 is 0 Å². The Morgan fingerprint density at radius 2 is 2.20 bits per heavy atom. The number of imide groups is 1. The minimum atomic E-state index is -1.09. The smallest absolute Gasteiger partial charge is 0.335 e. The third kappa shape index (κ3) is 2.42. The van der Waals surface area contributed by atoms with E-state index >= 15 is 0 Å². The normalized spacial score (nSPS) is 18.9. The van der Waals surface area contributed by atoms with Gasteiger partial charge in [-0.3, -0.25) is 14.9 Å². The van der Waals surface area contributed by atoms with E-state index in [-0.39, 0.29) is 12.1 Å². The van der Waals surface area contributed by atoms with Crippen LogP contribution in [0.25, 0.3) is 0 Å². The molecule has 7 heteroatoms. The fourth-order valence-electron chi connectivity index (χ4n) is 2.25. The molecular weight excluding hydrogens is 262 g/mol. The summed E-state index contributed by atoms with van der Waals surface area (Å²) >= 11 is 0. The van der Waals surface area contributed by atoms with Crippen molar-refractivity contribution in [2.45, 2.75) is 19.4 Å². The third-order valence-electron chi connectivity index (χ3n) is 3.23. The maximum atomic E-state index is 11.8. The molecule has 2 amide bonds. The zero-order valence-corrected chi connectivity index (χ0v) is 10.9. The lowest BCUT2D eigenvalue weighted by Crippen LogP contribution is -2.58. The molecule has 0 bridgehead atoms. The van der Waals surface area contributed by atoms with Crippen molar-refractivity contribution in [2.24, 2.45) is 0 Å². The van der Waals surface area contributed by atoms with Crippen LogP contribution in [0.2, 0.25) is 0 Å². The van der Waals surface area contributed by atoms with E-state index in [0.29, 0.717) is 17.8 Å². The van der Waals surface area contributed by atoms with E-state index < -0.39 is 23.8 Å². The second-order valence-electron chi connectivity index (χ2n) is 4.54. The van der Waals surface area contributed by atoms with Gasteiger partial charge in [-0.05, 0) is 24.6 Å². The average molecular weight is 277 g/mol. The zero-order valence-electron chi connectivity index (χ0n) is 10.9. The molecule has 1 unspecified atom stereocenters. The summed E-state index contributed by atoms with van der Waals surface area (Å²) in [6.07, 6.45) is 0.482. The maximum absolute atomic E-state index is 11.8. The van der Waals surface area contributed by atoms with Crippen LogP contribution in [0.1, 0.15) is 23.7 Å². The van der Waals surface area contributed by atoms with Crippen molar-refractivity contribution >= 4 is 29.2 Å². The summed E-state index contributed by atoms with van der Waals surface area (Å²) in [5.74, 6) is -1.92. The number of carboxylic acid groups (broad SMARTS) is 1. The summed E-state index contributed by atoms with van der Waals surface area (Å²) in [6.45, 7) is 1.78. The van der Waals surface area contributed by atoms with Crippen LogP contribution in [-0.4, -0.2) is 35.5 Å². The topological polar surface area (TPSA) is 113 Å². The Bertz CT molecular complexity index is 585. The number of aromatic carboxylic acids is 1. The first-order valence-electron chi connectivity index (χ1n) is 6.17. The number of anilines is 2. The lowest BCUT2D eigenvalue weighted by atomic mass is 10.1. The van der Waals surface area contributed by atoms with E-state index in [2.05, 4.69) is 5.32 Å². The maximum Gasteiger partial charge on any atom is 0.335 e. The van der Waals surface area contributed by atoms with Gasteiger partial charge in [0, 0.05) is 0 Å². The number of nitrogens with zero attached hydrogens (tertiary/aromatic N) is 1. The van der Waals surface area contributed by atoms with Gasteiger partial charge in [-0.25, -0.2) is 4.79 Å². The molecule has 1 aromatic rings. The van der Waals surface area contributed by atoms with E-state index in [1.54, 1.807) is 4.90 Å². The van der Waals surface area contributed by atoms with Crippen LogP contribution in [0.3, 0.4) is 0 Å². The molecule has 7 nitrogen and oxygen atoms in total. The third-order valence-corrected chi connectivity index (χ3v) is 3.23. The number of hydrogen-bond acceptors (Lipinski definition) is 5. The number of nitrogens with two attached hydrogens (primary N) is 1. The Kier molecular flexibility index (Phi) is 3.60. The molecule has 4 N–H and O–H groups in total. The summed E-state index contributed by atoms with van der Waals surface area (Å²) in [5, 5.41) is 11.3. The van der Waals surface area contributed by atoms with Crippen molar-refractivity contribution in [2.75, 3.05) is 17.2 Å². The molecule has 20 heavy (non-hydrogen) atoms. The Labute approximate surface area is 115 Å². The molecule has 0 radical (unpaired) electrons. The summed E-state index contributed by atoms with van der Waals surface area (Å²) in [6, 6.07) is 3.68. The minimum absolute atomic E-state index is 0.0302. The summed E-state index contributed by atoms with van der Waals surface area (Å²) in [4.78, 5) is 35.9. The van der Waals surface area contributed by atoms with Crippen LogP contribution in [-0.2, 0) is 9.59 Å². The van der Waals surface area contributed by atoms with Crippen molar-refractivity contribution < 1.29 is 19.5 Å². The number of carboxylic acids is 1. The summed E-state index contributed by atoms with van der Waals surface area (Å²) in [7, 11) is 0. The molecule has 1 saturated heterocycles. The second kappa shape index (κ2) is 5.20. The van der Waals surface area contributed by atoms with Gasteiger partial charge in [-0.15, -0.1) is 0 Å². The van der Waals surface area contributed by atoms with Crippen LogP contribution < -0.4 is 16.0 Å². The molecule has 1 aliphatic heterocycles. The molecule has 2 rings (SSSR count). The Balaban J connectivity index is 2.46. The van der Waals surface area contributed by atoms with Gasteiger partial charge in [0.1, 0.15) is 6.04 Å². The average Bonchev–Trinajstić information content (AvgIpc) is 2.38. The highest BCUT2D eigenvalue weighted by Gasteiger charge is 2.33. The first kappa shape index (κ1) is 13.9. The van der Waals surface area contributed by atoms with Gasteiger partial charge in [-0.2, -0.15) is 0 Å². The Morgan fingerprint density at radius 3 is 2.80 bits per heavy atom. The van der Waals surface area contributed by atoms with Crippen LogP contribution in [0.15, 0.2) is 18.2 Å². The number of amides is 2. The van der Waals surface area contributed by atoms with Crippen LogP contribution in [0, 0.1) is 0 Å². The van der Waals surface area contributed by atoms with Crippen LogP contribution in [0.4, 0.5) is 11.4 Å². The Morgan fingerprint density at radius 1 is 1.50 bits per heavy atom. The minimum Gasteiger partial charge on any atom is -0.478 e. The second-order valence-corrected chi connectivity index (χ2v) is 4.54. The number of carbonyl (C=O) groups excluding carboxylic acids is 2. The van der Waals surface area contributed by atoms with Crippen molar-refractivity contribution in [3.63, 3.8) is 0 Å². The van der Waals surface area contributed by atoms with Gasteiger partial charge in [-0.1, -0.05) is 6.92 Å². The number of nitrogen functional groups attached to an aromatic ring is 1. The van der Waals surface area contributed by atoms with E-state index in [1.165, 1.54) is 18.2 Å². The molecule has 0 spiro atoms. The lowest BCUT2D eigenvalue weighted by molar-refractivity contribution is -0.132. The fraction of sp³-hybridized carbons (Fsp3) is 0.308. The van der Waals surface area contributed by atoms with Crippen molar-refractivity contribution in [1.82, 2.24) is 5.32 Å². The van der Waals surface area contributed by atoms with Crippen molar-refractivity contribution in [1.29, 1.82) is 0 Å². The molecule has 0 saturated carbocycles.